The summed E-state index contributed by atoms with van der Waals surface area (Å²) < 4.78 is 1.60. The number of nitrogens with one attached hydrogen (secondary N) is 1. The summed E-state index contributed by atoms with van der Waals surface area (Å²) in [4.78, 5) is 22.4. The summed E-state index contributed by atoms with van der Waals surface area (Å²) in [6, 6.07) is 0.286. The fraction of sp³-hybridized carbons (Fsp3) is 0.300. The van der Waals surface area contributed by atoms with Crippen LogP contribution in [0.25, 0.3) is 5.95 Å². The van der Waals surface area contributed by atoms with E-state index in [4.69, 9.17) is 0 Å². The van der Waals surface area contributed by atoms with Crippen LogP contribution in [0.2, 0.25) is 0 Å². The van der Waals surface area contributed by atoms with Gasteiger partial charge in [0.15, 0.2) is 0 Å². The number of nitro groups is 1. The highest BCUT2D eigenvalue weighted by Crippen LogP contribution is 2.29. The molecule has 1 N–H and O–H groups in total. The molecule has 2 aromatic heterocycles. The monoisotopic (exact) mass is 246 g/mol. The van der Waals surface area contributed by atoms with Gasteiger partial charge in [-0.15, -0.1) is 0 Å². The third-order valence-corrected chi connectivity index (χ3v) is 2.61. The largest absolute Gasteiger partial charge is 0.361 e. The van der Waals surface area contributed by atoms with Gasteiger partial charge in [-0.25, -0.2) is 9.97 Å². The Morgan fingerprint density at radius 1 is 1.50 bits per heavy atom. The Balaban J connectivity index is 2.00. The van der Waals surface area contributed by atoms with Gasteiger partial charge < -0.3 is 5.32 Å². The van der Waals surface area contributed by atoms with Crippen molar-refractivity contribution in [2.75, 3.05) is 5.32 Å². The molecule has 8 nitrogen and oxygen atoms in total. The number of hydrogen-bond acceptors (Lipinski definition) is 6. The third-order valence-electron chi connectivity index (χ3n) is 2.61. The SMILES string of the molecule is O=[N+]([O-])c1cnc(-n2ccnc2)nc1NC1CC1. The molecule has 1 fully saturated rings. The maximum absolute atomic E-state index is 10.9. The molecule has 0 radical (unpaired) electrons. The Morgan fingerprint density at radius 3 is 2.94 bits per heavy atom. The number of rotatable bonds is 4. The normalized spacial score (nSPS) is 14.4. The second-order valence-corrected chi connectivity index (χ2v) is 4.05. The Hall–Kier alpha value is -2.51. The number of hydrogen-bond donors (Lipinski definition) is 1. The van der Waals surface area contributed by atoms with Crippen LogP contribution in [0.1, 0.15) is 12.8 Å². The van der Waals surface area contributed by atoms with E-state index in [2.05, 4.69) is 20.3 Å². The summed E-state index contributed by atoms with van der Waals surface area (Å²) in [5.41, 5.74) is -0.106. The molecule has 0 aromatic carbocycles. The van der Waals surface area contributed by atoms with E-state index in [9.17, 15) is 10.1 Å². The Kier molecular flexibility index (Phi) is 2.40. The van der Waals surface area contributed by atoms with E-state index in [-0.39, 0.29) is 17.5 Å². The zero-order chi connectivity index (χ0) is 12.5. The van der Waals surface area contributed by atoms with Crippen molar-refractivity contribution in [2.24, 2.45) is 0 Å². The summed E-state index contributed by atoms with van der Waals surface area (Å²) in [6.07, 6.45) is 8.07. The number of anilines is 1. The van der Waals surface area contributed by atoms with E-state index in [1.807, 2.05) is 0 Å². The molecule has 92 valence electrons. The number of aromatic nitrogens is 4. The van der Waals surface area contributed by atoms with Crippen LogP contribution in [0.15, 0.2) is 24.9 Å². The Bertz CT molecular complexity index is 578. The highest BCUT2D eigenvalue weighted by atomic mass is 16.6. The first-order chi connectivity index (χ1) is 8.74. The number of nitrogens with zero attached hydrogens (tertiary/aromatic N) is 5. The molecule has 8 heteroatoms. The van der Waals surface area contributed by atoms with Crippen molar-refractivity contribution in [2.45, 2.75) is 18.9 Å². The van der Waals surface area contributed by atoms with Crippen LogP contribution in [-0.4, -0.2) is 30.5 Å². The highest BCUT2D eigenvalue weighted by molar-refractivity contribution is 5.56. The van der Waals surface area contributed by atoms with E-state index in [0.29, 0.717) is 5.95 Å². The van der Waals surface area contributed by atoms with E-state index >= 15 is 0 Å². The first-order valence-electron chi connectivity index (χ1n) is 5.50. The van der Waals surface area contributed by atoms with Gasteiger partial charge in [-0.05, 0) is 12.8 Å². The molecule has 1 aliphatic carbocycles. The van der Waals surface area contributed by atoms with Gasteiger partial charge in [0.1, 0.15) is 12.5 Å². The summed E-state index contributed by atoms with van der Waals surface area (Å²) in [6.45, 7) is 0. The molecular formula is C10H10N6O2. The second-order valence-electron chi connectivity index (χ2n) is 4.05. The van der Waals surface area contributed by atoms with Gasteiger partial charge in [0, 0.05) is 18.4 Å². The predicted octanol–water partition coefficient (Wildman–Crippen LogP) is 1.14. The maximum Gasteiger partial charge on any atom is 0.329 e. The molecule has 0 saturated heterocycles. The van der Waals surface area contributed by atoms with Gasteiger partial charge in [0.25, 0.3) is 0 Å². The lowest BCUT2D eigenvalue weighted by Gasteiger charge is -2.06. The van der Waals surface area contributed by atoms with Gasteiger partial charge in [0.2, 0.25) is 11.8 Å². The second kappa shape index (κ2) is 4.06. The van der Waals surface area contributed by atoms with Crippen molar-refractivity contribution in [3.8, 4) is 5.95 Å². The van der Waals surface area contributed by atoms with Crippen LogP contribution in [0.3, 0.4) is 0 Å². The Labute approximate surface area is 102 Å². The van der Waals surface area contributed by atoms with Gasteiger partial charge >= 0.3 is 5.69 Å². The first-order valence-corrected chi connectivity index (χ1v) is 5.50. The third kappa shape index (κ3) is 1.99. The smallest absolute Gasteiger partial charge is 0.329 e. The molecule has 18 heavy (non-hydrogen) atoms. The van der Waals surface area contributed by atoms with Crippen LogP contribution >= 0.6 is 0 Å². The average Bonchev–Trinajstić information content (AvgIpc) is 3.00. The molecule has 0 unspecified atom stereocenters. The fourth-order valence-corrected chi connectivity index (χ4v) is 1.53. The summed E-state index contributed by atoms with van der Waals surface area (Å²) in [7, 11) is 0. The van der Waals surface area contributed by atoms with E-state index in [1.54, 1.807) is 23.3 Å². The van der Waals surface area contributed by atoms with Crippen molar-refractivity contribution in [3.05, 3.63) is 35.0 Å². The van der Waals surface area contributed by atoms with Crippen molar-refractivity contribution in [1.29, 1.82) is 0 Å². The molecule has 1 aliphatic rings. The van der Waals surface area contributed by atoms with Crippen LogP contribution < -0.4 is 5.32 Å². The van der Waals surface area contributed by atoms with Gasteiger partial charge in [-0.1, -0.05) is 0 Å². The molecule has 0 aliphatic heterocycles. The molecule has 3 rings (SSSR count). The summed E-state index contributed by atoms with van der Waals surface area (Å²) in [5.74, 6) is 0.627. The minimum atomic E-state index is -0.484. The lowest BCUT2D eigenvalue weighted by atomic mass is 10.4. The van der Waals surface area contributed by atoms with Gasteiger partial charge in [-0.2, -0.15) is 4.98 Å². The van der Waals surface area contributed by atoms with Gasteiger partial charge in [0.05, 0.1) is 4.92 Å². The highest BCUT2D eigenvalue weighted by Gasteiger charge is 2.26. The van der Waals surface area contributed by atoms with E-state index in [1.165, 1.54) is 6.20 Å². The topological polar surface area (TPSA) is 98.8 Å². The fourth-order valence-electron chi connectivity index (χ4n) is 1.53. The Morgan fingerprint density at radius 2 is 2.33 bits per heavy atom. The quantitative estimate of drug-likeness (QED) is 0.641. The predicted molar refractivity (Wildman–Crippen MR) is 62.5 cm³/mol. The maximum atomic E-state index is 10.9. The molecule has 2 aromatic rings. The number of imidazole rings is 1. The minimum absolute atomic E-state index is 0.106. The summed E-state index contributed by atoms with van der Waals surface area (Å²) in [5, 5.41) is 13.9. The van der Waals surface area contributed by atoms with Crippen molar-refractivity contribution in [3.63, 3.8) is 0 Å². The molecule has 0 spiro atoms. The zero-order valence-corrected chi connectivity index (χ0v) is 9.35. The van der Waals surface area contributed by atoms with Crippen LogP contribution in [-0.2, 0) is 0 Å². The van der Waals surface area contributed by atoms with Crippen LogP contribution in [0.4, 0.5) is 11.5 Å². The van der Waals surface area contributed by atoms with Crippen molar-refractivity contribution >= 4 is 11.5 Å². The average molecular weight is 246 g/mol. The molecule has 2 heterocycles. The zero-order valence-electron chi connectivity index (χ0n) is 9.35. The van der Waals surface area contributed by atoms with E-state index in [0.717, 1.165) is 12.8 Å². The lowest BCUT2D eigenvalue weighted by molar-refractivity contribution is -0.384. The van der Waals surface area contributed by atoms with Crippen LogP contribution in [0, 0.1) is 10.1 Å². The van der Waals surface area contributed by atoms with Crippen LogP contribution in [0.5, 0.6) is 0 Å². The minimum Gasteiger partial charge on any atom is -0.361 e. The lowest BCUT2D eigenvalue weighted by Crippen LogP contribution is -2.09. The summed E-state index contributed by atoms with van der Waals surface area (Å²) >= 11 is 0. The molecule has 0 amide bonds. The molecule has 1 saturated carbocycles. The first kappa shape index (κ1) is 10.6. The van der Waals surface area contributed by atoms with E-state index < -0.39 is 4.92 Å². The molecule has 0 atom stereocenters. The molecular weight excluding hydrogens is 236 g/mol. The van der Waals surface area contributed by atoms with Crippen molar-refractivity contribution < 1.29 is 4.92 Å². The standard InChI is InChI=1S/C10H10N6O2/c17-16(18)8-5-12-10(15-4-3-11-6-15)14-9(8)13-7-1-2-7/h3-7H,1-2H2,(H,12,13,14). The molecule has 0 bridgehead atoms. The van der Waals surface area contributed by atoms with Gasteiger partial charge in [-0.3, -0.25) is 14.7 Å². The van der Waals surface area contributed by atoms with Crippen molar-refractivity contribution in [1.82, 2.24) is 19.5 Å².